The van der Waals surface area contributed by atoms with Crippen LogP contribution in [0.1, 0.15) is 19.8 Å². The summed E-state index contributed by atoms with van der Waals surface area (Å²) in [5, 5.41) is 8.23. The van der Waals surface area contributed by atoms with Crippen molar-refractivity contribution in [1.82, 2.24) is 19.7 Å². The summed E-state index contributed by atoms with van der Waals surface area (Å²) in [6.45, 7) is 3.14. The molecular weight excluding hydrogens is 244 g/mol. The molecule has 2 heterocycles. The molecule has 1 aromatic carbocycles. The molecule has 0 saturated carbocycles. The quantitative estimate of drug-likeness (QED) is 0.732. The Bertz CT molecular complexity index is 756. The van der Waals surface area contributed by atoms with Crippen molar-refractivity contribution in [2.75, 3.05) is 0 Å². The minimum atomic E-state index is 0.433. The van der Waals surface area contributed by atoms with E-state index in [1.54, 1.807) is 0 Å². The van der Waals surface area contributed by atoms with Crippen LogP contribution in [0.25, 0.3) is 22.1 Å². The van der Waals surface area contributed by atoms with E-state index in [0.717, 1.165) is 35.9 Å². The number of fused-ring (bicyclic) bond motifs is 3. The Balaban J connectivity index is 2.38. The third-order valence-electron chi connectivity index (χ3n) is 3.12. The van der Waals surface area contributed by atoms with Gasteiger partial charge in [0, 0.05) is 11.9 Å². The number of para-hydroxylation sites is 1. The zero-order valence-electron chi connectivity index (χ0n) is 10.2. The van der Waals surface area contributed by atoms with Crippen molar-refractivity contribution in [1.29, 1.82) is 0 Å². The van der Waals surface area contributed by atoms with Gasteiger partial charge in [0.15, 0.2) is 5.65 Å². The first-order valence-corrected chi connectivity index (χ1v) is 6.55. The SMILES string of the molecule is CCCCn1c2ccccc2c2n[nH]c(=S)nc21. The van der Waals surface area contributed by atoms with E-state index in [0.29, 0.717) is 4.77 Å². The molecule has 0 atom stereocenters. The maximum atomic E-state index is 5.07. The number of H-pyrrole nitrogens is 1. The van der Waals surface area contributed by atoms with Crippen molar-refractivity contribution in [3.05, 3.63) is 29.0 Å². The van der Waals surface area contributed by atoms with Gasteiger partial charge in [-0.3, -0.25) is 5.10 Å². The molecule has 5 heteroatoms. The zero-order chi connectivity index (χ0) is 12.5. The molecular formula is C13H14N4S. The number of unbranched alkanes of at least 4 members (excludes halogenated alkanes) is 1. The molecule has 0 spiro atoms. The highest BCUT2D eigenvalue weighted by molar-refractivity contribution is 7.71. The first-order valence-electron chi connectivity index (χ1n) is 6.15. The van der Waals surface area contributed by atoms with Crippen molar-refractivity contribution in [2.45, 2.75) is 26.3 Å². The minimum Gasteiger partial charge on any atom is -0.324 e. The van der Waals surface area contributed by atoms with Crippen LogP contribution >= 0.6 is 12.2 Å². The van der Waals surface area contributed by atoms with Gasteiger partial charge in [0.1, 0.15) is 5.52 Å². The van der Waals surface area contributed by atoms with Gasteiger partial charge >= 0.3 is 0 Å². The number of hydrogen-bond acceptors (Lipinski definition) is 3. The fraction of sp³-hybridized carbons (Fsp3) is 0.308. The number of hydrogen-bond donors (Lipinski definition) is 1. The molecule has 0 aliphatic heterocycles. The number of benzene rings is 1. The lowest BCUT2D eigenvalue weighted by Crippen LogP contribution is -1.99. The van der Waals surface area contributed by atoms with Crippen LogP contribution in [0.3, 0.4) is 0 Å². The fourth-order valence-electron chi connectivity index (χ4n) is 2.26. The van der Waals surface area contributed by atoms with Crippen LogP contribution in [0.15, 0.2) is 24.3 Å². The fourth-order valence-corrected chi connectivity index (χ4v) is 2.39. The first-order chi connectivity index (χ1) is 8.81. The monoisotopic (exact) mass is 258 g/mol. The molecule has 0 aliphatic rings. The molecule has 0 fully saturated rings. The zero-order valence-corrected chi connectivity index (χ0v) is 11.0. The number of aromatic amines is 1. The maximum absolute atomic E-state index is 5.07. The summed E-state index contributed by atoms with van der Waals surface area (Å²) in [7, 11) is 0. The summed E-state index contributed by atoms with van der Waals surface area (Å²) in [4.78, 5) is 4.43. The molecule has 0 unspecified atom stereocenters. The number of rotatable bonds is 3. The van der Waals surface area contributed by atoms with Crippen LogP contribution in [0.5, 0.6) is 0 Å². The second-order valence-electron chi connectivity index (χ2n) is 4.34. The molecule has 3 aromatic rings. The van der Waals surface area contributed by atoms with E-state index in [2.05, 4.69) is 38.8 Å². The van der Waals surface area contributed by atoms with Crippen molar-refractivity contribution < 1.29 is 0 Å². The minimum absolute atomic E-state index is 0.433. The number of aromatic nitrogens is 4. The molecule has 0 saturated heterocycles. The van der Waals surface area contributed by atoms with Gasteiger partial charge in [-0.1, -0.05) is 31.5 Å². The second-order valence-corrected chi connectivity index (χ2v) is 4.72. The van der Waals surface area contributed by atoms with E-state index in [1.807, 2.05) is 12.1 Å². The molecule has 0 aliphatic carbocycles. The highest BCUT2D eigenvalue weighted by atomic mass is 32.1. The first kappa shape index (κ1) is 11.3. The van der Waals surface area contributed by atoms with Crippen molar-refractivity contribution >= 4 is 34.3 Å². The van der Waals surface area contributed by atoms with Crippen LogP contribution in [-0.2, 0) is 6.54 Å². The molecule has 4 nitrogen and oxygen atoms in total. The predicted molar refractivity (Wildman–Crippen MR) is 75.1 cm³/mol. The smallest absolute Gasteiger partial charge is 0.215 e. The lowest BCUT2D eigenvalue weighted by atomic mass is 10.2. The van der Waals surface area contributed by atoms with Gasteiger partial charge in [0.2, 0.25) is 4.77 Å². The Morgan fingerprint density at radius 1 is 1.33 bits per heavy atom. The molecule has 3 rings (SSSR count). The van der Waals surface area contributed by atoms with Crippen molar-refractivity contribution in [3.63, 3.8) is 0 Å². The Labute approximate surface area is 110 Å². The summed E-state index contributed by atoms with van der Waals surface area (Å²) in [6.07, 6.45) is 2.28. The Hall–Kier alpha value is -1.75. The maximum Gasteiger partial charge on any atom is 0.215 e. The van der Waals surface area contributed by atoms with Crippen LogP contribution in [0.4, 0.5) is 0 Å². The largest absolute Gasteiger partial charge is 0.324 e. The molecule has 1 N–H and O–H groups in total. The van der Waals surface area contributed by atoms with Gasteiger partial charge < -0.3 is 4.57 Å². The van der Waals surface area contributed by atoms with Crippen LogP contribution in [0.2, 0.25) is 0 Å². The lowest BCUT2D eigenvalue weighted by molar-refractivity contribution is 0.659. The van der Waals surface area contributed by atoms with Gasteiger partial charge in [0.05, 0.1) is 5.52 Å². The third kappa shape index (κ3) is 1.71. The Kier molecular flexibility index (Phi) is 2.83. The van der Waals surface area contributed by atoms with Crippen molar-refractivity contribution in [2.24, 2.45) is 0 Å². The van der Waals surface area contributed by atoms with Crippen LogP contribution in [0, 0.1) is 4.77 Å². The van der Waals surface area contributed by atoms with Gasteiger partial charge in [-0.05, 0) is 24.7 Å². The summed E-state index contributed by atoms with van der Waals surface area (Å²) in [5.74, 6) is 0. The highest BCUT2D eigenvalue weighted by Crippen LogP contribution is 2.25. The van der Waals surface area contributed by atoms with Gasteiger partial charge in [-0.15, -0.1) is 0 Å². The molecule has 92 valence electrons. The summed E-state index contributed by atoms with van der Waals surface area (Å²) in [6, 6.07) is 8.25. The van der Waals surface area contributed by atoms with Gasteiger partial charge in [-0.25, -0.2) is 0 Å². The predicted octanol–water partition coefficient (Wildman–Crippen LogP) is 3.44. The number of nitrogens with one attached hydrogen (secondary N) is 1. The average molecular weight is 258 g/mol. The molecule has 18 heavy (non-hydrogen) atoms. The summed E-state index contributed by atoms with van der Waals surface area (Å²) in [5.41, 5.74) is 2.96. The van der Waals surface area contributed by atoms with E-state index in [4.69, 9.17) is 12.2 Å². The molecule has 2 aromatic heterocycles. The van der Waals surface area contributed by atoms with E-state index in [1.165, 1.54) is 5.52 Å². The van der Waals surface area contributed by atoms with E-state index in [9.17, 15) is 0 Å². The van der Waals surface area contributed by atoms with E-state index in [-0.39, 0.29) is 0 Å². The Morgan fingerprint density at radius 3 is 3.00 bits per heavy atom. The Morgan fingerprint density at radius 2 is 2.17 bits per heavy atom. The number of aryl methyl sites for hydroxylation is 1. The molecule has 0 amide bonds. The van der Waals surface area contributed by atoms with Crippen molar-refractivity contribution in [3.8, 4) is 0 Å². The second kappa shape index (κ2) is 4.49. The lowest BCUT2D eigenvalue weighted by Gasteiger charge is -2.04. The third-order valence-corrected chi connectivity index (χ3v) is 3.31. The standard InChI is InChI=1S/C13H14N4S/c1-2-3-8-17-10-7-5-4-6-9(10)11-12(17)14-13(18)16-15-11/h4-7H,2-3,8H2,1H3,(H,14,16,18). The number of nitrogens with zero attached hydrogens (tertiary/aromatic N) is 3. The normalized spacial score (nSPS) is 11.4. The van der Waals surface area contributed by atoms with E-state index < -0.39 is 0 Å². The van der Waals surface area contributed by atoms with Crippen LogP contribution in [-0.4, -0.2) is 19.7 Å². The topological polar surface area (TPSA) is 46.5 Å². The van der Waals surface area contributed by atoms with Gasteiger partial charge in [0.25, 0.3) is 0 Å². The average Bonchev–Trinajstić information content (AvgIpc) is 2.70. The van der Waals surface area contributed by atoms with Gasteiger partial charge in [-0.2, -0.15) is 10.1 Å². The molecule has 0 bridgehead atoms. The van der Waals surface area contributed by atoms with E-state index >= 15 is 0 Å². The van der Waals surface area contributed by atoms with Crippen LogP contribution < -0.4 is 0 Å². The summed E-state index contributed by atoms with van der Waals surface area (Å²) < 4.78 is 2.65. The highest BCUT2D eigenvalue weighted by Gasteiger charge is 2.11. The summed E-state index contributed by atoms with van der Waals surface area (Å²) >= 11 is 5.07. The molecule has 0 radical (unpaired) electrons.